The van der Waals surface area contributed by atoms with E-state index in [1.807, 2.05) is 31.2 Å². The van der Waals surface area contributed by atoms with Crippen molar-refractivity contribution in [3.05, 3.63) is 29.3 Å². The van der Waals surface area contributed by atoms with Gasteiger partial charge in [0.2, 0.25) is 0 Å². The number of nitrogens with zero attached hydrogens (tertiary/aromatic N) is 1. The van der Waals surface area contributed by atoms with E-state index < -0.39 is 0 Å². The number of ether oxygens (including phenoxy) is 2. The molecule has 1 aromatic rings. The van der Waals surface area contributed by atoms with Crippen molar-refractivity contribution in [2.75, 3.05) is 13.2 Å². The summed E-state index contributed by atoms with van der Waals surface area (Å²) >= 11 is 0. The number of carbonyl (C=O) groups is 1. The van der Waals surface area contributed by atoms with Crippen LogP contribution in [0.3, 0.4) is 0 Å². The number of rotatable bonds is 9. The Balaban J connectivity index is 2.12. The molecular weight excluding hydrogens is 340 g/mol. The van der Waals surface area contributed by atoms with Crippen molar-refractivity contribution in [3.63, 3.8) is 0 Å². The minimum atomic E-state index is -0.300. The fourth-order valence-electron chi connectivity index (χ4n) is 3.15. The predicted molar refractivity (Wildman–Crippen MR) is 107 cm³/mol. The normalized spacial score (nSPS) is 15.1. The van der Waals surface area contributed by atoms with Crippen molar-refractivity contribution in [1.82, 2.24) is 5.32 Å². The molecule has 1 aliphatic carbocycles. The molecule has 0 radical (unpaired) electrons. The van der Waals surface area contributed by atoms with Crippen LogP contribution in [0.5, 0.6) is 11.5 Å². The Morgan fingerprint density at radius 1 is 1.22 bits per heavy atom. The summed E-state index contributed by atoms with van der Waals surface area (Å²) in [5.41, 5.74) is 0.860. The molecule has 0 aliphatic heterocycles. The Morgan fingerprint density at radius 2 is 2.00 bits per heavy atom. The number of hydrogen-bond donors (Lipinski definition) is 1. The van der Waals surface area contributed by atoms with Gasteiger partial charge in [-0.25, -0.2) is 0 Å². The molecule has 0 atom stereocenters. The number of carbonyl (C=O) groups excluding carboxylic acids is 1. The molecule has 1 N–H and O–H groups in total. The van der Waals surface area contributed by atoms with Gasteiger partial charge in [0.15, 0.2) is 11.5 Å². The average molecular weight is 370 g/mol. The minimum absolute atomic E-state index is 0.114. The summed E-state index contributed by atoms with van der Waals surface area (Å²) in [5.74, 6) is 1.02. The highest BCUT2D eigenvalue weighted by molar-refractivity contribution is 6.01. The summed E-state index contributed by atoms with van der Waals surface area (Å²) < 4.78 is 11.4. The number of nitrogens with one attached hydrogen (secondary N) is 1. The fourth-order valence-corrected chi connectivity index (χ4v) is 3.15. The van der Waals surface area contributed by atoms with Crippen LogP contribution in [-0.4, -0.2) is 25.2 Å². The Kier molecular flexibility index (Phi) is 8.70. The molecule has 5 nitrogen and oxygen atoms in total. The molecule has 0 spiro atoms. The first-order chi connectivity index (χ1) is 13.2. The lowest BCUT2D eigenvalue weighted by molar-refractivity contribution is -0.117. The van der Waals surface area contributed by atoms with Crippen LogP contribution in [0.4, 0.5) is 0 Å². The third-order valence-electron chi connectivity index (χ3n) is 4.64. The Bertz CT molecular complexity index is 685. The number of benzene rings is 1. The molecule has 1 aliphatic rings. The Morgan fingerprint density at radius 3 is 2.67 bits per heavy atom. The molecule has 2 rings (SSSR count). The van der Waals surface area contributed by atoms with Crippen LogP contribution in [0.15, 0.2) is 23.8 Å². The smallest absolute Gasteiger partial charge is 0.262 e. The van der Waals surface area contributed by atoms with Crippen LogP contribution in [0.25, 0.3) is 6.08 Å². The van der Waals surface area contributed by atoms with E-state index in [0.717, 1.165) is 44.1 Å². The number of unbranched alkanes of at least 4 members (excludes halogenated alkanes) is 1. The lowest BCUT2D eigenvalue weighted by atomic mass is 9.95. The van der Waals surface area contributed by atoms with Crippen LogP contribution in [-0.2, 0) is 4.79 Å². The van der Waals surface area contributed by atoms with Crippen LogP contribution >= 0.6 is 0 Å². The molecule has 0 bridgehead atoms. The highest BCUT2D eigenvalue weighted by atomic mass is 16.5. The van der Waals surface area contributed by atoms with Crippen LogP contribution < -0.4 is 14.8 Å². The predicted octanol–water partition coefficient (Wildman–Crippen LogP) is 4.62. The molecule has 1 saturated carbocycles. The van der Waals surface area contributed by atoms with Gasteiger partial charge in [0.05, 0.1) is 13.2 Å². The molecule has 0 unspecified atom stereocenters. The van der Waals surface area contributed by atoms with Crippen molar-refractivity contribution in [2.24, 2.45) is 0 Å². The highest BCUT2D eigenvalue weighted by Gasteiger charge is 2.18. The van der Waals surface area contributed by atoms with E-state index in [0.29, 0.717) is 24.7 Å². The van der Waals surface area contributed by atoms with Crippen molar-refractivity contribution in [2.45, 2.75) is 64.8 Å². The maximum Gasteiger partial charge on any atom is 0.262 e. The molecule has 1 fully saturated rings. The molecule has 0 aromatic heterocycles. The lowest BCUT2D eigenvalue weighted by Gasteiger charge is -2.22. The van der Waals surface area contributed by atoms with E-state index in [1.165, 1.54) is 6.42 Å². The van der Waals surface area contributed by atoms with E-state index in [4.69, 9.17) is 9.47 Å². The summed E-state index contributed by atoms with van der Waals surface area (Å²) in [6.45, 7) is 5.18. The topological polar surface area (TPSA) is 71.3 Å². The SMILES string of the molecule is CCCCOc1ccc(/C=C(\C#N)C(=O)NC2CCCCC2)cc1OCC. The molecular formula is C22H30N2O3. The molecule has 5 heteroatoms. The second-order valence-electron chi connectivity index (χ2n) is 6.82. The minimum Gasteiger partial charge on any atom is -0.490 e. The summed E-state index contributed by atoms with van der Waals surface area (Å²) in [5, 5.41) is 12.4. The van der Waals surface area contributed by atoms with Gasteiger partial charge >= 0.3 is 0 Å². The van der Waals surface area contributed by atoms with Crippen LogP contribution in [0, 0.1) is 11.3 Å². The average Bonchev–Trinajstić information content (AvgIpc) is 2.68. The van der Waals surface area contributed by atoms with E-state index in [2.05, 4.69) is 12.2 Å². The lowest BCUT2D eigenvalue weighted by Crippen LogP contribution is -2.36. The second kappa shape index (κ2) is 11.3. The monoisotopic (exact) mass is 370 g/mol. The number of amides is 1. The largest absolute Gasteiger partial charge is 0.490 e. The maximum absolute atomic E-state index is 12.4. The van der Waals surface area contributed by atoms with Crippen molar-refractivity contribution in [1.29, 1.82) is 5.26 Å². The molecule has 27 heavy (non-hydrogen) atoms. The van der Waals surface area contributed by atoms with Gasteiger partial charge in [-0.3, -0.25) is 4.79 Å². The van der Waals surface area contributed by atoms with Crippen molar-refractivity contribution < 1.29 is 14.3 Å². The zero-order chi connectivity index (χ0) is 19.5. The van der Waals surface area contributed by atoms with Gasteiger partial charge in [-0.2, -0.15) is 5.26 Å². The third-order valence-corrected chi connectivity index (χ3v) is 4.64. The molecule has 0 saturated heterocycles. The van der Waals surface area contributed by atoms with E-state index in [-0.39, 0.29) is 17.5 Å². The summed E-state index contributed by atoms with van der Waals surface area (Å²) in [6.07, 6.45) is 9.11. The van der Waals surface area contributed by atoms with Gasteiger partial charge < -0.3 is 14.8 Å². The maximum atomic E-state index is 12.4. The van der Waals surface area contributed by atoms with Crippen LogP contribution in [0.1, 0.15) is 64.4 Å². The van der Waals surface area contributed by atoms with Crippen molar-refractivity contribution >= 4 is 12.0 Å². The first-order valence-corrected chi connectivity index (χ1v) is 10.00. The van der Waals surface area contributed by atoms with Gasteiger partial charge in [0.1, 0.15) is 11.6 Å². The fraction of sp³-hybridized carbons (Fsp3) is 0.545. The van der Waals surface area contributed by atoms with Gasteiger partial charge in [0.25, 0.3) is 5.91 Å². The first-order valence-electron chi connectivity index (χ1n) is 10.00. The Labute approximate surface area is 162 Å². The van der Waals surface area contributed by atoms with Gasteiger partial charge in [-0.15, -0.1) is 0 Å². The Hall–Kier alpha value is -2.48. The summed E-state index contributed by atoms with van der Waals surface area (Å²) in [6, 6.07) is 7.69. The van der Waals surface area contributed by atoms with Crippen molar-refractivity contribution in [3.8, 4) is 17.6 Å². The van der Waals surface area contributed by atoms with Gasteiger partial charge in [-0.05, 0) is 50.0 Å². The van der Waals surface area contributed by atoms with E-state index in [1.54, 1.807) is 6.08 Å². The summed E-state index contributed by atoms with van der Waals surface area (Å²) in [7, 11) is 0. The molecule has 0 heterocycles. The molecule has 1 aromatic carbocycles. The zero-order valence-electron chi connectivity index (χ0n) is 16.4. The highest BCUT2D eigenvalue weighted by Crippen LogP contribution is 2.29. The second-order valence-corrected chi connectivity index (χ2v) is 6.82. The third kappa shape index (κ3) is 6.63. The quantitative estimate of drug-likeness (QED) is 0.391. The standard InChI is InChI=1S/C22H30N2O3/c1-3-5-13-27-20-12-11-17(15-21(20)26-4-2)14-18(16-23)22(25)24-19-9-7-6-8-10-19/h11-12,14-15,19H,3-10,13H2,1-2H3,(H,24,25)/b18-14+. The van der Waals surface area contributed by atoms with Gasteiger partial charge in [0, 0.05) is 6.04 Å². The number of hydrogen-bond acceptors (Lipinski definition) is 4. The molecule has 146 valence electrons. The summed E-state index contributed by atoms with van der Waals surface area (Å²) in [4.78, 5) is 12.4. The zero-order valence-corrected chi connectivity index (χ0v) is 16.4. The van der Waals surface area contributed by atoms with E-state index in [9.17, 15) is 10.1 Å². The molecule has 1 amide bonds. The first kappa shape index (κ1) is 20.8. The van der Waals surface area contributed by atoms with Gasteiger partial charge in [-0.1, -0.05) is 38.7 Å². The van der Waals surface area contributed by atoms with E-state index >= 15 is 0 Å². The van der Waals surface area contributed by atoms with Crippen LogP contribution in [0.2, 0.25) is 0 Å². The number of nitriles is 1.